The summed E-state index contributed by atoms with van der Waals surface area (Å²) in [4.78, 5) is 24.3. The SMILES string of the molecule is CCCCOC(=O)c1ccc(OC(=O)c2ccccc2OCCC)cc1. The summed E-state index contributed by atoms with van der Waals surface area (Å²) in [6.45, 7) is 4.96. The van der Waals surface area contributed by atoms with Crippen molar-refractivity contribution in [2.45, 2.75) is 33.1 Å². The van der Waals surface area contributed by atoms with E-state index in [0.717, 1.165) is 19.3 Å². The van der Waals surface area contributed by atoms with Crippen molar-refractivity contribution in [1.82, 2.24) is 0 Å². The van der Waals surface area contributed by atoms with Crippen molar-refractivity contribution in [1.29, 1.82) is 0 Å². The molecule has 0 saturated carbocycles. The van der Waals surface area contributed by atoms with Gasteiger partial charge in [-0.15, -0.1) is 0 Å². The first-order valence-corrected chi connectivity index (χ1v) is 8.87. The molecule has 5 nitrogen and oxygen atoms in total. The number of para-hydroxylation sites is 1. The maximum Gasteiger partial charge on any atom is 0.347 e. The van der Waals surface area contributed by atoms with Gasteiger partial charge in [-0.1, -0.05) is 32.4 Å². The number of hydrogen-bond donors (Lipinski definition) is 0. The van der Waals surface area contributed by atoms with E-state index in [-0.39, 0.29) is 5.97 Å². The predicted octanol–water partition coefficient (Wildman–Crippen LogP) is 4.65. The molecule has 0 aliphatic carbocycles. The van der Waals surface area contributed by atoms with E-state index in [0.29, 0.717) is 35.8 Å². The number of benzene rings is 2. The third-order valence-corrected chi connectivity index (χ3v) is 3.60. The van der Waals surface area contributed by atoms with E-state index < -0.39 is 5.97 Å². The number of ether oxygens (including phenoxy) is 3. The number of unbranched alkanes of at least 4 members (excludes halogenated alkanes) is 1. The molecule has 0 bridgehead atoms. The Kier molecular flexibility index (Phi) is 7.68. The second-order valence-electron chi connectivity index (χ2n) is 5.75. The third kappa shape index (κ3) is 5.62. The number of carbonyl (C=O) groups excluding carboxylic acids is 2. The standard InChI is InChI=1S/C21H24O5/c1-3-5-15-25-20(22)16-10-12-17(13-11-16)26-21(23)18-8-6-7-9-19(18)24-14-4-2/h6-13H,3-5,14-15H2,1-2H3. The first-order valence-electron chi connectivity index (χ1n) is 8.87. The van der Waals surface area contributed by atoms with E-state index in [4.69, 9.17) is 14.2 Å². The quantitative estimate of drug-likeness (QED) is 0.372. The monoisotopic (exact) mass is 356 g/mol. The summed E-state index contributed by atoms with van der Waals surface area (Å²) in [6, 6.07) is 13.3. The summed E-state index contributed by atoms with van der Waals surface area (Å²) < 4.78 is 16.1. The van der Waals surface area contributed by atoms with Gasteiger partial charge >= 0.3 is 11.9 Å². The van der Waals surface area contributed by atoms with Crippen LogP contribution in [0.25, 0.3) is 0 Å². The molecule has 0 aliphatic rings. The van der Waals surface area contributed by atoms with Crippen LogP contribution in [0.5, 0.6) is 11.5 Å². The van der Waals surface area contributed by atoms with E-state index in [1.165, 1.54) is 0 Å². The molecule has 0 aliphatic heterocycles. The Bertz CT molecular complexity index is 721. The van der Waals surface area contributed by atoms with Gasteiger partial charge in [0.05, 0.1) is 18.8 Å². The predicted molar refractivity (Wildman–Crippen MR) is 98.8 cm³/mol. The van der Waals surface area contributed by atoms with Gasteiger partial charge in [0.15, 0.2) is 0 Å². The highest BCUT2D eigenvalue weighted by Crippen LogP contribution is 2.21. The first kappa shape index (κ1) is 19.5. The summed E-state index contributed by atoms with van der Waals surface area (Å²) in [5, 5.41) is 0. The van der Waals surface area contributed by atoms with Gasteiger partial charge < -0.3 is 14.2 Å². The van der Waals surface area contributed by atoms with Crippen LogP contribution in [0.4, 0.5) is 0 Å². The maximum atomic E-state index is 12.4. The molecule has 0 spiro atoms. The minimum absolute atomic E-state index is 0.352. The van der Waals surface area contributed by atoms with Gasteiger partial charge in [0.1, 0.15) is 17.1 Å². The number of rotatable bonds is 9. The van der Waals surface area contributed by atoms with Crippen LogP contribution in [-0.2, 0) is 4.74 Å². The smallest absolute Gasteiger partial charge is 0.347 e. The Morgan fingerprint density at radius 3 is 2.27 bits per heavy atom. The number of hydrogen-bond acceptors (Lipinski definition) is 5. The highest BCUT2D eigenvalue weighted by Gasteiger charge is 2.15. The third-order valence-electron chi connectivity index (χ3n) is 3.60. The molecular formula is C21H24O5. The summed E-state index contributed by atoms with van der Waals surface area (Å²) in [5.74, 6) is -0.0366. The van der Waals surface area contributed by atoms with Crippen LogP contribution in [0.2, 0.25) is 0 Å². The van der Waals surface area contributed by atoms with Gasteiger partial charge in [0, 0.05) is 0 Å². The lowest BCUT2D eigenvalue weighted by atomic mass is 10.2. The highest BCUT2D eigenvalue weighted by atomic mass is 16.5. The summed E-state index contributed by atoms with van der Waals surface area (Å²) in [7, 11) is 0. The Labute approximate surface area is 153 Å². The van der Waals surface area contributed by atoms with Crippen LogP contribution < -0.4 is 9.47 Å². The van der Waals surface area contributed by atoms with Gasteiger partial charge in [0.25, 0.3) is 0 Å². The van der Waals surface area contributed by atoms with Gasteiger partial charge in [-0.05, 0) is 49.2 Å². The van der Waals surface area contributed by atoms with Crippen molar-refractivity contribution in [3.63, 3.8) is 0 Å². The van der Waals surface area contributed by atoms with Crippen molar-refractivity contribution >= 4 is 11.9 Å². The number of carbonyl (C=O) groups is 2. The molecule has 2 rings (SSSR count). The molecule has 138 valence electrons. The maximum absolute atomic E-state index is 12.4. The van der Waals surface area contributed by atoms with Crippen LogP contribution in [0.1, 0.15) is 53.8 Å². The molecule has 0 unspecified atom stereocenters. The lowest BCUT2D eigenvalue weighted by Crippen LogP contribution is -2.11. The zero-order valence-electron chi connectivity index (χ0n) is 15.2. The zero-order valence-corrected chi connectivity index (χ0v) is 15.2. The van der Waals surface area contributed by atoms with Crippen molar-refractivity contribution in [2.75, 3.05) is 13.2 Å². The average molecular weight is 356 g/mol. The van der Waals surface area contributed by atoms with Crippen LogP contribution >= 0.6 is 0 Å². The second-order valence-corrected chi connectivity index (χ2v) is 5.75. The Morgan fingerprint density at radius 2 is 1.58 bits per heavy atom. The van der Waals surface area contributed by atoms with Gasteiger partial charge in [0.2, 0.25) is 0 Å². The largest absolute Gasteiger partial charge is 0.493 e. The molecule has 0 saturated heterocycles. The second kappa shape index (κ2) is 10.2. The van der Waals surface area contributed by atoms with E-state index >= 15 is 0 Å². The van der Waals surface area contributed by atoms with Gasteiger partial charge in [-0.25, -0.2) is 9.59 Å². The van der Waals surface area contributed by atoms with E-state index in [9.17, 15) is 9.59 Å². The van der Waals surface area contributed by atoms with Gasteiger partial charge in [-0.3, -0.25) is 0 Å². The van der Waals surface area contributed by atoms with Gasteiger partial charge in [-0.2, -0.15) is 0 Å². The highest BCUT2D eigenvalue weighted by molar-refractivity contribution is 5.94. The van der Waals surface area contributed by atoms with E-state index in [1.54, 1.807) is 48.5 Å². The fourth-order valence-corrected chi connectivity index (χ4v) is 2.19. The first-order chi connectivity index (χ1) is 12.7. The molecular weight excluding hydrogens is 332 g/mol. The Balaban J connectivity index is 2.00. The summed E-state index contributed by atoms with van der Waals surface area (Å²) >= 11 is 0. The molecule has 0 heterocycles. The van der Waals surface area contributed by atoms with Crippen LogP contribution in [0.15, 0.2) is 48.5 Å². The molecule has 0 amide bonds. The van der Waals surface area contributed by atoms with Crippen LogP contribution in [0, 0.1) is 0 Å². The molecule has 26 heavy (non-hydrogen) atoms. The Morgan fingerprint density at radius 1 is 0.846 bits per heavy atom. The molecule has 0 atom stereocenters. The van der Waals surface area contributed by atoms with Crippen LogP contribution in [0.3, 0.4) is 0 Å². The summed E-state index contributed by atoms with van der Waals surface area (Å²) in [5.41, 5.74) is 0.789. The minimum atomic E-state index is -0.505. The molecule has 2 aromatic carbocycles. The summed E-state index contributed by atoms with van der Waals surface area (Å²) in [6.07, 6.45) is 2.64. The molecule has 0 aromatic heterocycles. The van der Waals surface area contributed by atoms with Crippen LogP contribution in [-0.4, -0.2) is 25.2 Å². The fraction of sp³-hybridized carbons (Fsp3) is 0.333. The van der Waals surface area contributed by atoms with Crippen molar-refractivity contribution in [3.8, 4) is 11.5 Å². The molecule has 0 radical (unpaired) electrons. The number of esters is 2. The van der Waals surface area contributed by atoms with E-state index in [2.05, 4.69) is 0 Å². The average Bonchev–Trinajstić information content (AvgIpc) is 2.67. The Hall–Kier alpha value is -2.82. The normalized spacial score (nSPS) is 10.2. The lowest BCUT2D eigenvalue weighted by molar-refractivity contribution is 0.0499. The minimum Gasteiger partial charge on any atom is -0.493 e. The van der Waals surface area contributed by atoms with Crippen molar-refractivity contribution < 1.29 is 23.8 Å². The molecule has 2 aromatic rings. The fourth-order valence-electron chi connectivity index (χ4n) is 2.19. The van der Waals surface area contributed by atoms with Crippen molar-refractivity contribution in [3.05, 3.63) is 59.7 Å². The molecule has 0 N–H and O–H groups in total. The van der Waals surface area contributed by atoms with E-state index in [1.807, 2.05) is 13.8 Å². The molecule has 0 fully saturated rings. The topological polar surface area (TPSA) is 61.8 Å². The lowest BCUT2D eigenvalue weighted by Gasteiger charge is -2.10. The molecule has 5 heteroatoms. The zero-order chi connectivity index (χ0) is 18.8. The van der Waals surface area contributed by atoms with Crippen molar-refractivity contribution in [2.24, 2.45) is 0 Å².